The minimum atomic E-state index is 0.231. The molecule has 0 aliphatic carbocycles. The monoisotopic (exact) mass is 368 g/mol. The van der Waals surface area contributed by atoms with Crippen molar-refractivity contribution in [2.75, 3.05) is 32.6 Å². The van der Waals surface area contributed by atoms with E-state index in [9.17, 15) is 0 Å². The molecule has 0 radical (unpaired) electrons. The summed E-state index contributed by atoms with van der Waals surface area (Å²) in [6.07, 6.45) is 6.05. The molecule has 1 aromatic heterocycles. The van der Waals surface area contributed by atoms with Crippen LogP contribution in [-0.2, 0) is 24.1 Å². The molecule has 25 heavy (non-hydrogen) atoms. The molecule has 1 fully saturated rings. The molecule has 2 rings (SSSR count). The molecule has 0 unspecified atom stereocenters. The third-order valence-electron chi connectivity index (χ3n) is 4.76. The fraction of sp³-hybridized carbons (Fsp3) is 0.778. The fourth-order valence-corrected chi connectivity index (χ4v) is 3.85. The number of ether oxygens (including phenoxy) is 1. The van der Waals surface area contributed by atoms with E-state index >= 15 is 0 Å². The molecule has 2 N–H and O–H groups in total. The maximum absolute atomic E-state index is 5.52. The van der Waals surface area contributed by atoms with Crippen LogP contribution in [0.3, 0.4) is 0 Å². The summed E-state index contributed by atoms with van der Waals surface area (Å²) >= 11 is 1.93. The van der Waals surface area contributed by atoms with Gasteiger partial charge >= 0.3 is 0 Å². The van der Waals surface area contributed by atoms with Crippen LogP contribution in [0.4, 0.5) is 0 Å². The lowest BCUT2D eigenvalue weighted by Gasteiger charge is -2.36. The van der Waals surface area contributed by atoms with Crippen LogP contribution in [0.15, 0.2) is 9.52 Å². The van der Waals surface area contributed by atoms with Gasteiger partial charge < -0.3 is 19.9 Å². The second kappa shape index (κ2) is 10.1. The van der Waals surface area contributed by atoms with Crippen LogP contribution in [0.1, 0.15) is 50.6 Å². The number of hydrogen-bond acceptors (Lipinski definition) is 5. The van der Waals surface area contributed by atoms with Crippen molar-refractivity contribution in [2.45, 2.75) is 57.7 Å². The second-order valence-electron chi connectivity index (χ2n) is 6.29. The molecule has 7 heteroatoms. The average molecular weight is 369 g/mol. The van der Waals surface area contributed by atoms with E-state index < -0.39 is 0 Å². The van der Waals surface area contributed by atoms with Crippen molar-refractivity contribution >= 4 is 17.7 Å². The Morgan fingerprint density at radius 2 is 1.96 bits per heavy atom. The van der Waals surface area contributed by atoms with Crippen LogP contribution in [0, 0.1) is 0 Å². The minimum Gasteiger partial charge on any atom is -0.381 e. The Hall–Kier alpha value is -1.21. The summed E-state index contributed by atoms with van der Waals surface area (Å²) in [5, 5.41) is 11.1. The molecular weight excluding hydrogens is 336 g/mol. The molecule has 1 aliphatic rings. The van der Waals surface area contributed by atoms with Crippen LogP contribution in [-0.4, -0.2) is 48.4 Å². The number of hydrogen-bond donors (Lipinski definition) is 2. The predicted molar refractivity (Wildman–Crippen MR) is 104 cm³/mol. The molecule has 0 amide bonds. The molecule has 0 saturated carbocycles. The third-order valence-corrected chi connectivity index (χ3v) is 6.18. The first kappa shape index (κ1) is 20.1. The van der Waals surface area contributed by atoms with Crippen LogP contribution >= 0.6 is 11.8 Å². The number of aromatic nitrogens is 1. The molecule has 0 spiro atoms. The maximum atomic E-state index is 5.52. The van der Waals surface area contributed by atoms with E-state index in [0.29, 0.717) is 6.54 Å². The summed E-state index contributed by atoms with van der Waals surface area (Å²) in [5.74, 6) is 1.80. The summed E-state index contributed by atoms with van der Waals surface area (Å²) in [4.78, 5) is 4.78. The van der Waals surface area contributed by atoms with Crippen molar-refractivity contribution in [2.24, 2.45) is 4.99 Å². The molecule has 1 aromatic rings. The highest BCUT2D eigenvalue weighted by molar-refractivity contribution is 8.00. The Labute approximate surface area is 155 Å². The van der Waals surface area contributed by atoms with Crippen molar-refractivity contribution in [1.82, 2.24) is 15.8 Å². The number of nitrogens with zero attached hydrogens (tertiary/aromatic N) is 2. The van der Waals surface area contributed by atoms with Crippen molar-refractivity contribution in [3.05, 3.63) is 17.0 Å². The van der Waals surface area contributed by atoms with Gasteiger partial charge in [0.05, 0.1) is 12.2 Å². The van der Waals surface area contributed by atoms with Gasteiger partial charge in [-0.05, 0) is 32.4 Å². The van der Waals surface area contributed by atoms with Gasteiger partial charge in [-0.3, -0.25) is 0 Å². The molecule has 2 heterocycles. The lowest BCUT2D eigenvalue weighted by Crippen LogP contribution is -2.47. The lowest BCUT2D eigenvalue weighted by atomic mass is 9.99. The minimum absolute atomic E-state index is 0.231. The van der Waals surface area contributed by atoms with E-state index in [-0.39, 0.29) is 4.75 Å². The Kier molecular flexibility index (Phi) is 8.09. The third kappa shape index (κ3) is 5.38. The Morgan fingerprint density at radius 1 is 1.20 bits per heavy atom. The summed E-state index contributed by atoms with van der Waals surface area (Å²) < 4.78 is 11.2. The first-order valence-electron chi connectivity index (χ1n) is 9.29. The van der Waals surface area contributed by atoms with Gasteiger partial charge in [-0.25, -0.2) is 4.99 Å². The molecule has 142 valence electrons. The Balaban J connectivity index is 2.04. The Bertz CT molecular complexity index is 532. The van der Waals surface area contributed by atoms with Crippen LogP contribution in [0.25, 0.3) is 0 Å². The first-order chi connectivity index (χ1) is 12.2. The normalized spacial score (nSPS) is 17.5. The zero-order chi connectivity index (χ0) is 18.1. The molecule has 0 aromatic carbocycles. The van der Waals surface area contributed by atoms with E-state index in [1.54, 1.807) is 0 Å². The van der Waals surface area contributed by atoms with Crippen molar-refractivity contribution in [1.29, 1.82) is 0 Å². The highest BCUT2D eigenvalue weighted by Crippen LogP contribution is 2.32. The molecular formula is C18H32N4O2S. The molecule has 1 saturated heterocycles. The maximum Gasteiger partial charge on any atom is 0.191 e. The molecule has 1 aliphatic heterocycles. The number of thioether (sulfide) groups is 1. The quantitative estimate of drug-likeness (QED) is 0.543. The molecule has 0 atom stereocenters. The average Bonchev–Trinajstić information content (AvgIpc) is 3.06. The van der Waals surface area contributed by atoms with Crippen LogP contribution in [0.2, 0.25) is 0 Å². The molecule has 0 bridgehead atoms. The zero-order valence-corrected chi connectivity index (χ0v) is 16.8. The summed E-state index contributed by atoms with van der Waals surface area (Å²) in [7, 11) is 0. The lowest BCUT2D eigenvalue weighted by molar-refractivity contribution is 0.0783. The van der Waals surface area contributed by atoms with Crippen LogP contribution < -0.4 is 10.6 Å². The van der Waals surface area contributed by atoms with E-state index in [4.69, 9.17) is 14.3 Å². The molecule has 6 nitrogen and oxygen atoms in total. The Morgan fingerprint density at radius 3 is 2.56 bits per heavy atom. The topological polar surface area (TPSA) is 71.7 Å². The van der Waals surface area contributed by atoms with Crippen molar-refractivity contribution in [3.63, 3.8) is 0 Å². The van der Waals surface area contributed by atoms with Crippen LogP contribution in [0.5, 0.6) is 0 Å². The van der Waals surface area contributed by atoms with Gasteiger partial charge in [0.1, 0.15) is 5.76 Å². The van der Waals surface area contributed by atoms with Crippen molar-refractivity contribution < 1.29 is 9.26 Å². The van der Waals surface area contributed by atoms with E-state index in [2.05, 4.69) is 42.8 Å². The van der Waals surface area contributed by atoms with E-state index in [1.165, 1.54) is 0 Å². The highest BCUT2D eigenvalue weighted by Gasteiger charge is 2.31. The van der Waals surface area contributed by atoms with Gasteiger partial charge in [-0.2, -0.15) is 11.8 Å². The number of rotatable bonds is 8. The predicted octanol–water partition coefficient (Wildman–Crippen LogP) is 2.77. The number of aryl methyl sites for hydroxylation is 2. The SMILES string of the molecule is CCNC(=NCc1c(CC)noc1CC)NCC1(SC)CCOCC1. The number of aliphatic imine (C=N–C) groups is 1. The standard InChI is InChI=1S/C18H32N4O2S/c1-5-15-14(16(6-2)24-22-15)12-20-17(19-7-3)21-13-18(25-4)8-10-23-11-9-18/h5-13H2,1-4H3,(H2,19,20,21). The summed E-state index contributed by atoms with van der Waals surface area (Å²) in [6.45, 7) is 10.3. The largest absolute Gasteiger partial charge is 0.381 e. The van der Waals surface area contributed by atoms with Crippen molar-refractivity contribution in [3.8, 4) is 0 Å². The summed E-state index contributed by atoms with van der Waals surface area (Å²) in [6, 6.07) is 0. The first-order valence-corrected chi connectivity index (χ1v) is 10.5. The van der Waals surface area contributed by atoms with Gasteiger partial charge in [-0.1, -0.05) is 19.0 Å². The van der Waals surface area contributed by atoms with Gasteiger partial charge in [0.25, 0.3) is 0 Å². The van der Waals surface area contributed by atoms with Gasteiger partial charge in [0.2, 0.25) is 0 Å². The van der Waals surface area contributed by atoms with Gasteiger partial charge in [-0.15, -0.1) is 0 Å². The highest BCUT2D eigenvalue weighted by atomic mass is 32.2. The smallest absolute Gasteiger partial charge is 0.191 e. The van der Waals surface area contributed by atoms with E-state index in [0.717, 1.165) is 75.0 Å². The second-order valence-corrected chi connectivity index (χ2v) is 7.56. The zero-order valence-electron chi connectivity index (χ0n) is 16.0. The van der Waals surface area contributed by atoms with Gasteiger partial charge in [0.15, 0.2) is 5.96 Å². The number of nitrogens with one attached hydrogen (secondary N) is 2. The van der Waals surface area contributed by atoms with E-state index in [1.807, 2.05) is 11.8 Å². The van der Waals surface area contributed by atoms with Gasteiger partial charge in [0, 0.05) is 43.0 Å². The number of guanidine groups is 1. The fourth-order valence-electron chi connectivity index (χ4n) is 3.06. The summed E-state index contributed by atoms with van der Waals surface area (Å²) in [5.41, 5.74) is 2.15.